The van der Waals surface area contributed by atoms with Crippen LogP contribution in [0.4, 0.5) is 4.39 Å². The average Bonchev–Trinajstić information content (AvgIpc) is 2.03. The van der Waals surface area contributed by atoms with Gasteiger partial charge in [0.15, 0.2) is 0 Å². The van der Waals surface area contributed by atoms with Gasteiger partial charge >= 0.3 is 0 Å². The Balaban J connectivity index is 3.26. The smallest absolute Gasteiger partial charge is 0.130 e. The standard InChI is InChI=1S/C9H8BrFN2/c1-9(13,5-12)7-3-2-6(10)4-8(7)11/h2-4H,13H2,1H3. The highest BCUT2D eigenvalue weighted by atomic mass is 79.9. The Bertz CT molecular complexity index is 368. The molecule has 0 aliphatic heterocycles. The van der Waals surface area contributed by atoms with E-state index < -0.39 is 11.4 Å². The lowest BCUT2D eigenvalue weighted by Gasteiger charge is -2.16. The van der Waals surface area contributed by atoms with E-state index in [0.717, 1.165) is 0 Å². The second-order valence-corrected chi connectivity index (χ2v) is 3.85. The van der Waals surface area contributed by atoms with Gasteiger partial charge in [-0.15, -0.1) is 0 Å². The van der Waals surface area contributed by atoms with Crippen molar-refractivity contribution in [1.82, 2.24) is 0 Å². The fourth-order valence-corrected chi connectivity index (χ4v) is 1.30. The highest BCUT2D eigenvalue weighted by molar-refractivity contribution is 9.10. The van der Waals surface area contributed by atoms with Crippen LogP contribution in [0.5, 0.6) is 0 Å². The summed E-state index contributed by atoms with van der Waals surface area (Å²) in [7, 11) is 0. The van der Waals surface area contributed by atoms with Crippen molar-refractivity contribution in [2.24, 2.45) is 5.73 Å². The summed E-state index contributed by atoms with van der Waals surface area (Å²) in [5.41, 5.74) is 4.51. The topological polar surface area (TPSA) is 49.8 Å². The first-order chi connectivity index (χ1) is 5.97. The van der Waals surface area contributed by atoms with Gasteiger partial charge in [0.1, 0.15) is 11.4 Å². The average molecular weight is 243 g/mol. The van der Waals surface area contributed by atoms with Crippen molar-refractivity contribution in [3.8, 4) is 6.07 Å². The van der Waals surface area contributed by atoms with Crippen molar-refractivity contribution in [2.75, 3.05) is 0 Å². The van der Waals surface area contributed by atoms with Gasteiger partial charge in [-0.1, -0.05) is 22.0 Å². The molecule has 1 aromatic carbocycles. The van der Waals surface area contributed by atoms with E-state index in [0.29, 0.717) is 4.47 Å². The minimum absolute atomic E-state index is 0.207. The number of hydrogen-bond donors (Lipinski definition) is 1. The van der Waals surface area contributed by atoms with Crippen LogP contribution in [0.2, 0.25) is 0 Å². The van der Waals surface area contributed by atoms with Crippen LogP contribution in [0.1, 0.15) is 12.5 Å². The summed E-state index contributed by atoms with van der Waals surface area (Å²) in [5.74, 6) is -0.471. The predicted molar refractivity (Wildman–Crippen MR) is 51.3 cm³/mol. The van der Waals surface area contributed by atoms with Gasteiger partial charge in [0, 0.05) is 10.0 Å². The summed E-state index contributed by atoms with van der Waals surface area (Å²) >= 11 is 3.12. The van der Waals surface area contributed by atoms with E-state index in [1.54, 1.807) is 6.07 Å². The van der Waals surface area contributed by atoms with Gasteiger partial charge in [0.05, 0.1) is 6.07 Å². The van der Waals surface area contributed by atoms with Crippen LogP contribution >= 0.6 is 15.9 Å². The second kappa shape index (κ2) is 3.44. The third kappa shape index (κ3) is 2.06. The largest absolute Gasteiger partial charge is 0.310 e. The summed E-state index contributed by atoms with van der Waals surface area (Å²) in [4.78, 5) is 0. The number of benzene rings is 1. The van der Waals surface area contributed by atoms with Crippen LogP contribution in [-0.4, -0.2) is 0 Å². The minimum Gasteiger partial charge on any atom is -0.310 e. The molecule has 0 heterocycles. The molecule has 0 saturated heterocycles. The monoisotopic (exact) mass is 242 g/mol. The molecule has 4 heteroatoms. The molecule has 2 nitrogen and oxygen atoms in total. The molecule has 0 amide bonds. The lowest BCUT2D eigenvalue weighted by molar-refractivity contribution is 0.550. The van der Waals surface area contributed by atoms with Gasteiger partial charge < -0.3 is 5.73 Å². The quantitative estimate of drug-likeness (QED) is 0.822. The molecule has 1 atom stereocenters. The zero-order valence-corrected chi connectivity index (χ0v) is 8.60. The maximum atomic E-state index is 13.3. The zero-order chi connectivity index (χ0) is 10.1. The normalized spacial score (nSPS) is 14.7. The molecular formula is C9H8BrFN2. The maximum Gasteiger partial charge on any atom is 0.130 e. The van der Waals surface area contributed by atoms with E-state index in [-0.39, 0.29) is 5.56 Å². The Kier molecular flexibility index (Phi) is 2.69. The maximum absolute atomic E-state index is 13.3. The molecule has 13 heavy (non-hydrogen) atoms. The molecule has 2 N–H and O–H groups in total. The second-order valence-electron chi connectivity index (χ2n) is 2.94. The fourth-order valence-electron chi connectivity index (χ4n) is 0.971. The van der Waals surface area contributed by atoms with Crippen molar-refractivity contribution in [3.05, 3.63) is 34.1 Å². The van der Waals surface area contributed by atoms with E-state index in [1.165, 1.54) is 19.1 Å². The molecule has 0 aliphatic carbocycles. The number of rotatable bonds is 1. The van der Waals surface area contributed by atoms with E-state index in [4.69, 9.17) is 11.0 Å². The Hall–Kier alpha value is -0.920. The van der Waals surface area contributed by atoms with Crippen LogP contribution < -0.4 is 5.73 Å². The van der Waals surface area contributed by atoms with E-state index >= 15 is 0 Å². The molecule has 1 unspecified atom stereocenters. The molecule has 0 spiro atoms. The molecule has 1 aromatic rings. The number of nitrogens with two attached hydrogens (primary N) is 1. The number of nitrogens with zero attached hydrogens (tertiary/aromatic N) is 1. The van der Waals surface area contributed by atoms with E-state index in [1.807, 2.05) is 6.07 Å². The summed E-state index contributed by atoms with van der Waals surface area (Å²) in [6, 6.07) is 6.29. The van der Waals surface area contributed by atoms with Gasteiger partial charge in [-0.2, -0.15) is 5.26 Å². The van der Waals surface area contributed by atoms with Crippen LogP contribution in [0.25, 0.3) is 0 Å². The number of hydrogen-bond acceptors (Lipinski definition) is 2. The molecule has 1 rings (SSSR count). The number of nitriles is 1. The molecule has 0 aliphatic rings. The summed E-state index contributed by atoms with van der Waals surface area (Å²) < 4.78 is 13.9. The highest BCUT2D eigenvalue weighted by Gasteiger charge is 2.23. The Morgan fingerprint density at radius 3 is 2.69 bits per heavy atom. The molecular weight excluding hydrogens is 235 g/mol. The van der Waals surface area contributed by atoms with Crippen molar-refractivity contribution < 1.29 is 4.39 Å². The zero-order valence-electron chi connectivity index (χ0n) is 7.01. The van der Waals surface area contributed by atoms with E-state index in [2.05, 4.69) is 15.9 Å². The van der Waals surface area contributed by atoms with Crippen molar-refractivity contribution in [2.45, 2.75) is 12.5 Å². The van der Waals surface area contributed by atoms with Crippen LogP contribution in [0.15, 0.2) is 22.7 Å². The summed E-state index contributed by atoms with van der Waals surface area (Å²) in [6.45, 7) is 1.47. The summed E-state index contributed by atoms with van der Waals surface area (Å²) in [5, 5.41) is 8.69. The molecule has 0 bridgehead atoms. The van der Waals surface area contributed by atoms with E-state index in [9.17, 15) is 4.39 Å². The molecule has 0 fully saturated rings. The van der Waals surface area contributed by atoms with Gasteiger partial charge in [0.2, 0.25) is 0 Å². The predicted octanol–water partition coefficient (Wildman–Crippen LogP) is 2.29. The highest BCUT2D eigenvalue weighted by Crippen LogP contribution is 2.23. The Labute approximate surface area is 84.3 Å². The molecule has 0 radical (unpaired) electrons. The van der Waals surface area contributed by atoms with Crippen LogP contribution in [0.3, 0.4) is 0 Å². The lowest BCUT2D eigenvalue weighted by atomic mass is 9.95. The Morgan fingerprint density at radius 1 is 1.62 bits per heavy atom. The fraction of sp³-hybridized carbons (Fsp3) is 0.222. The molecule has 68 valence electrons. The van der Waals surface area contributed by atoms with Crippen molar-refractivity contribution >= 4 is 15.9 Å². The first-order valence-corrected chi connectivity index (χ1v) is 4.42. The third-order valence-electron chi connectivity index (χ3n) is 1.72. The third-order valence-corrected chi connectivity index (χ3v) is 2.22. The van der Waals surface area contributed by atoms with Gasteiger partial charge in [-0.3, -0.25) is 0 Å². The van der Waals surface area contributed by atoms with Crippen molar-refractivity contribution in [3.63, 3.8) is 0 Å². The van der Waals surface area contributed by atoms with Crippen LogP contribution in [-0.2, 0) is 5.54 Å². The van der Waals surface area contributed by atoms with Gasteiger partial charge in [-0.25, -0.2) is 4.39 Å². The SMILES string of the molecule is CC(N)(C#N)c1ccc(Br)cc1F. The summed E-state index contributed by atoms with van der Waals surface area (Å²) in [6.07, 6.45) is 0. The number of halogens is 2. The lowest BCUT2D eigenvalue weighted by Crippen LogP contribution is -2.31. The van der Waals surface area contributed by atoms with Crippen LogP contribution in [0, 0.1) is 17.1 Å². The van der Waals surface area contributed by atoms with Gasteiger partial charge in [-0.05, 0) is 19.1 Å². The molecule has 0 saturated carbocycles. The first-order valence-electron chi connectivity index (χ1n) is 3.63. The van der Waals surface area contributed by atoms with Crippen molar-refractivity contribution in [1.29, 1.82) is 5.26 Å². The minimum atomic E-state index is -1.27. The Morgan fingerprint density at radius 2 is 2.23 bits per heavy atom. The van der Waals surface area contributed by atoms with Gasteiger partial charge in [0.25, 0.3) is 0 Å². The molecule has 0 aromatic heterocycles. The first kappa shape index (κ1) is 10.2.